The van der Waals surface area contributed by atoms with Crippen LogP contribution in [0.25, 0.3) is 11.1 Å². The average molecular weight is 282 g/mol. The summed E-state index contributed by atoms with van der Waals surface area (Å²) in [5.41, 5.74) is 8.58. The fraction of sp³-hybridized carbons (Fsp3) is 0.278. The molecule has 1 unspecified atom stereocenters. The van der Waals surface area contributed by atoms with Crippen molar-refractivity contribution in [3.63, 3.8) is 0 Å². The zero-order valence-corrected chi connectivity index (χ0v) is 12.4. The van der Waals surface area contributed by atoms with Crippen LogP contribution < -0.4 is 11.1 Å². The summed E-state index contributed by atoms with van der Waals surface area (Å²) >= 11 is 0. The number of hydrogen-bond donors (Lipinski definition) is 2. The fourth-order valence-electron chi connectivity index (χ4n) is 2.17. The van der Waals surface area contributed by atoms with Crippen molar-refractivity contribution in [3.05, 3.63) is 54.6 Å². The maximum absolute atomic E-state index is 12.1. The van der Waals surface area contributed by atoms with Gasteiger partial charge in [-0.2, -0.15) is 0 Å². The van der Waals surface area contributed by atoms with Crippen LogP contribution >= 0.6 is 0 Å². The van der Waals surface area contributed by atoms with E-state index < -0.39 is 0 Å². The van der Waals surface area contributed by atoms with Crippen molar-refractivity contribution in [1.29, 1.82) is 0 Å². The van der Waals surface area contributed by atoms with E-state index in [0.717, 1.165) is 23.2 Å². The summed E-state index contributed by atoms with van der Waals surface area (Å²) in [7, 11) is 0. The zero-order chi connectivity index (χ0) is 15.1. The second-order valence-corrected chi connectivity index (χ2v) is 5.34. The van der Waals surface area contributed by atoms with Crippen molar-refractivity contribution >= 4 is 11.6 Å². The van der Waals surface area contributed by atoms with Gasteiger partial charge in [0.25, 0.3) is 0 Å². The van der Waals surface area contributed by atoms with E-state index in [1.165, 1.54) is 0 Å². The maximum atomic E-state index is 12.1. The van der Waals surface area contributed by atoms with Crippen LogP contribution in [-0.2, 0) is 4.79 Å². The van der Waals surface area contributed by atoms with Gasteiger partial charge in [-0.25, -0.2) is 0 Å². The van der Waals surface area contributed by atoms with Gasteiger partial charge in [0.2, 0.25) is 5.91 Å². The Labute approximate surface area is 126 Å². The van der Waals surface area contributed by atoms with E-state index in [1.54, 1.807) is 0 Å². The number of carbonyl (C=O) groups excluding carboxylic acids is 1. The Morgan fingerprint density at radius 1 is 1.10 bits per heavy atom. The molecule has 1 amide bonds. The first kappa shape index (κ1) is 15.3. The molecule has 110 valence electrons. The van der Waals surface area contributed by atoms with Crippen LogP contribution in [0.1, 0.15) is 19.8 Å². The maximum Gasteiger partial charge on any atom is 0.224 e. The lowest BCUT2D eigenvalue weighted by Crippen LogP contribution is -2.16. The summed E-state index contributed by atoms with van der Waals surface area (Å²) < 4.78 is 0. The molecular formula is C18H22N2O. The van der Waals surface area contributed by atoms with E-state index in [9.17, 15) is 4.79 Å². The number of nitrogens with one attached hydrogen (secondary N) is 1. The third-order valence-electron chi connectivity index (χ3n) is 3.55. The minimum absolute atomic E-state index is 0.0404. The van der Waals surface area contributed by atoms with Crippen molar-refractivity contribution in [2.45, 2.75) is 19.8 Å². The van der Waals surface area contributed by atoms with Gasteiger partial charge in [0.05, 0.1) is 0 Å². The highest BCUT2D eigenvalue weighted by molar-refractivity contribution is 5.95. The first-order chi connectivity index (χ1) is 10.2. The number of amides is 1. The van der Waals surface area contributed by atoms with Crippen LogP contribution in [0.4, 0.5) is 5.69 Å². The van der Waals surface area contributed by atoms with E-state index in [0.29, 0.717) is 18.9 Å². The Kier molecular flexibility index (Phi) is 5.52. The highest BCUT2D eigenvalue weighted by Gasteiger charge is 2.09. The van der Waals surface area contributed by atoms with Crippen LogP contribution in [0.15, 0.2) is 54.6 Å². The number of benzene rings is 2. The van der Waals surface area contributed by atoms with Crippen molar-refractivity contribution in [2.75, 3.05) is 11.9 Å². The smallest absolute Gasteiger partial charge is 0.224 e. The minimum atomic E-state index is 0.0404. The van der Waals surface area contributed by atoms with Crippen molar-refractivity contribution in [2.24, 2.45) is 11.7 Å². The standard InChI is InChI=1S/C18H22N2O/c1-14(13-19)11-12-18(21)20-17-10-6-5-9-16(17)15-7-3-2-4-8-15/h2-10,14H,11-13,19H2,1H3,(H,20,21). The van der Waals surface area contributed by atoms with Crippen LogP contribution in [0.5, 0.6) is 0 Å². The lowest BCUT2D eigenvalue weighted by atomic mass is 10.0. The van der Waals surface area contributed by atoms with Gasteiger partial charge in [0.15, 0.2) is 0 Å². The molecule has 2 aromatic carbocycles. The zero-order valence-electron chi connectivity index (χ0n) is 12.4. The van der Waals surface area contributed by atoms with Crippen LogP contribution in [0, 0.1) is 5.92 Å². The third-order valence-corrected chi connectivity index (χ3v) is 3.55. The molecule has 0 aliphatic rings. The van der Waals surface area contributed by atoms with Gasteiger partial charge < -0.3 is 11.1 Å². The number of hydrogen-bond acceptors (Lipinski definition) is 2. The van der Waals surface area contributed by atoms with Gasteiger partial charge in [-0.15, -0.1) is 0 Å². The van der Waals surface area contributed by atoms with Crippen LogP contribution in [0.3, 0.4) is 0 Å². The van der Waals surface area contributed by atoms with Crippen molar-refractivity contribution < 1.29 is 4.79 Å². The normalized spacial score (nSPS) is 11.9. The topological polar surface area (TPSA) is 55.1 Å². The molecule has 3 nitrogen and oxygen atoms in total. The SMILES string of the molecule is CC(CN)CCC(=O)Nc1ccccc1-c1ccccc1. The second kappa shape index (κ2) is 7.60. The van der Waals surface area contributed by atoms with E-state index in [4.69, 9.17) is 5.73 Å². The predicted molar refractivity (Wildman–Crippen MR) is 88.0 cm³/mol. The monoisotopic (exact) mass is 282 g/mol. The molecule has 0 saturated carbocycles. The molecule has 0 bridgehead atoms. The van der Waals surface area contributed by atoms with E-state index >= 15 is 0 Å². The summed E-state index contributed by atoms with van der Waals surface area (Å²) in [6.07, 6.45) is 1.32. The van der Waals surface area contributed by atoms with Crippen molar-refractivity contribution in [3.8, 4) is 11.1 Å². The first-order valence-corrected chi connectivity index (χ1v) is 7.35. The highest BCUT2D eigenvalue weighted by Crippen LogP contribution is 2.27. The lowest BCUT2D eigenvalue weighted by molar-refractivity contribution is -0.116. The Morgan fingerprint density at radius 2 is 1.76 bits per heavy atom. The van der Waals surface area contributed by atoms with E-state index in [-0.39, 0.29) is 5.91 Å². The van der Waals surface area contributed by atoms with Gasteiger partial charge in [-0.3, -0.25) is 4.79 Å². The Balaban J connectivity index is 2.09. The molecule has 2 rings (SSSR count). The molecule has 1 atom stereocenters. The van der Waals surface area contributed by atoms with E-state index in [1.807, 2.05) is 54.6 Å². The third kappa shape index (κ3) is 4.43. The molecule has 0 heterocycles. The molecule has 0 fully saturated rings. The molecule has 0 radical (unpaired) electrons. The number of nitrogens with two attached hydrogens (primary N) is 1. The molecule has 0 saturated heterocycles. The Hall–Kier alpha value is -2.13. The van der Waals surface area contributed by atoms with Crippen LogP contribution in [-0.4, -0.2) is 12.5 Å². The van der Waals surface area contributed by atoms with Gasteiger partial charge in [-0.05, 0) is 30.5 Å². The Morgan fingerprint density at radius 3 is 2.48 bits per heavy atom. The summed E-state index contributed by atoms with van der Waals surface area (Å²) in [5.74, 6) is 0.416. The molecule has 0 aromatic heterocycles. The second-order valence-electron chi connectivity index (χ2n) is 5.34. The molecule has 0 aliphatic heterocycles. The Bertz CT molecular complexity index is 581. The molecule has 2 aromatic rings. The number of anilines is 1. The highest BCUT2D eigenvalue weighted by atomic mass is 16.1. The number of rotatable bonds is 6. The molecule has 0 aliphatic carbocycles. The summed E-state index contributed by atoms with van der Waals surface area (Å²) in [4.78, 5) is 12.1. The number of para-hydroxylation sites is 1. The summed E-state index contributed by atoms with van der Waals surface area (Å²) in [6.45, 7) is 2.68. The fourth-order valence-corrected chi connectivity index (χ4v) is 2.17. The predicted octanol–water partition coefficient (Wildman–Crippen LogP) is 3.67. The molecular weight excluding hydrogens is 260 g/mol. The average Bonchev–Trinajstić information content (AvgIpc) is 2.54. The van der Waals surface area contributed by atoms with E-state index in [2.05, 4.69) is 12.2 Å². The van der Waals surface area contributed by atoms with Gasteiger partial charge in [-0.1, -0.05) is 55.5 Å². The summed E-state index contributed by atoms with van der Waals surface area (Å²) in [5, 5.41) is 3.01. The largest absolute Gasteiger partial charge is 0.330 e. The molecule has 21 heavy (non-hydrogen) atoms. The van der Waals surface area contributed by atoms with Crippen molar-refractivity contribution in [1.82, 2.24) is 0 Å². The van der Waals surface area contributed by atoms with Gasteiger partial charge >= 0.3 is 0 Å². The molecule has 3 N–H and O–H groups in total. The number of carbonyl (C=O) groups is 1. The van der Waals surface area contributed by atoms with Crippen LogP contribution in [0.2, 0.25) is 0 Å². The van der Waals surface area contributed by atoms with Gasteiger partial charge in [0, 0.05) is 17.7 Å². The molecule has 0 spiro atoms. The molecule has 3 heteroatoms. The quantitative estimate of drug-likeness (QED) is 0.849. The van der Waals surface area contributed by atoms with Gasteiger partial charge in [0.1, 0.15) is 0 Å². The summed E-state index contributed by atoms with van der Waals surface area (Å²) in [6, 6.07) is 17.9. The lowest BCUT2D eigenvalue weighted by Gasteiger charge is -2.12. The minimum Gasteiger partial charge on any atom is -0.330 e. The first-order valence-electron chi connectivity index (χ1n) is 7.35.